The Hall–Kier alpha value is -7.56. The number of hydrogen-bond acceptors (Lipinski definition) is 4. The smallest absolute Gasteiger partial charge is 0.160 e. The van der Waals surface area contributed by atoms with Crippen LogP contribution in [-0.2, 0) is 0 Å². The van der Waals surface area contributed by atoms with Gasteiger partial charge in [-0.2, -0.15) is 0 Å². The summed E-state index contributed by atoms with van der Waals surface area (Å²) < 4.78 is 12.4. The molecule has 0 N–H and O–H groups in total. The van der Waals surface area contributed by atoms with Gasteiger partial charge in [0, 0.05) is 38.2 Å². The molecule has 11 rings (SSSR count). The van der Waals surface area contributed by atoms with Crippen molar-refractivity contribution in [2.24, 2.45) is 0 Å². The highest BCUT2D eigenvalue weighted by atomic mass is 16.3. The number of nitrogens with zero attached hydrogens (tertiary/aromatic N) is 2. The van der Waals surface area contributed by atoms with Crippen molar-refractivity contribution in [3.05, 3.63) is 194 Å². The average molecular weight is 717 g/mol. The first-order chi connectivity index (χ1) is 27.7. The van der Waals surface area contributed by atoms with Crippen molar-refractivity contribution in [2.75, 3.05) is 0 Å². The molecule has 0 amide bonds. The molecule has 0 bridgehead atoms. The Balaban J connectivity index is 1.04. The number of fused-ring (bicyclic) bond motifs is 6. The third-order valence-electron chi connectivity index (χ3n) is 10.7. The van der Waals surface area contributed by atoms with E-state index in [2.05, 4.69) is 146 Å². The van der Waals surface area contributed by atoms with Crippen LogP contribution in [0.4, 0.5) is 0 Å². The lowest BCUT2D eigenvalue weighted by Gasteiger charge is -2.13. The first-order valence-electron chi connectivity index (χ1n) is 18.8. The summed E-state index contributed by atoms with van der Waals surface area (Å²) >= 11 is 0. The number of benzene rings is 8. The van der Waals surface area contributed by atoms with Crippen LogP contribution in [0, 0.1) is 0 Å². The van der Waals surface area contributed by atoms with Crippen LogP contribution in [0.1, 0.15) is 0 Å². The molecule has 8 aromatic carbocycles. The molecule has 0 aliphatic carbocycles. The van der Waals surface area contributed by atoms with Crippen molar-refractivity contribution < 1.29 is 8.83 Å². The maximum atomic E-state index is 6.20. The Labute approximate surface area is 323 Å². The van der Waals surface area contributed by atoms with Gasteiger partial charge in [0.2, 0.25) is 0 Å². The van der Waals surface area contributed by atoms with E-state index in [0.29, 0.717) is 5.82 Å². The van der Waals surface area contributed by atoms with E-state index >= 15 is 0 Å². The molecular weight excluding hydrogens is 685 g/mol. The van der Waals surface area contributed by atoms with E-state index in [0.717, 1.165) is 105 Å². The largest absolute Gasteiger partial charge is 0.456 e. The van der Waals surface area contributed by atoms with Gasteiger partial charge >= 0.3 is 0 Å². The number of rotatable bonds is 6. The van der Waals surface area contributed by atoms with Gasteiger partial charge in [-0.3, -0.25) is 0 Å². The second kappa shape index (κ2) is 13.1. The summed E-state index contributed by atoms with van der Waals surface area (Å²) in [5, 5.41) is 4.46. The monoisotopic (exact) mass is 716 g/mol. The van der Waals surface area contributed by atoms with Crippen molar-refractivity contribution in [1.29, 1.82) is 0 Å². The Morgan fingerprint density at radius 1 is 0.250 bits per heavy atom. The van der Waals surface area contributed by atoms with E-state index in [4.69, 9.17) is 18.8 Å². The van der Waals surface area contributed by atoms with Crippen LogP contribution in [0.15, 0.2) is 203 Å². The van der Waals surface area contributed by atoms with Gasteiger partial charge in [0.25, 0.3) is 0 Å². The van der Waals surface area contributed by atoms with Gasteiger partial charge in [0.05, 0.1) is 11.4 Å². The van der Waals surface area contributed by atoms with Gasteiger partial charge in [-0.05, 0) is 94.0 Å². The summed E-state index contributed by atoms with van der Waals surface area (Å²) in [6.07, 6.45) is 0. The first kappa shape index (κ1) is 31.9. The van der Waals surface area contributed by atoms with Crippen molar-refractivity contribution in [2.45, 2.75) is 0 Å². The molecule has 0 saturated carbocycles. The van der Waals surface area contributed by atoms with Gasteiger partial charge < -0.3 is 8.83 Å². The summed E-state index contributed by atoms with van der Waals surface area (Å²) in [5.74, 6) is 0.676. The zero-order valence-corrected chi connectivity index (χ0v) is 30.2. The first-order valence-corrected chi connectivity index (χ1v) is 18.8. The third kappa shape index (κ3) is 5.64. The molecule has 0 aliphatic rings. The molecule has 3 heterocycles. The van der Waals surface area contributed by atoms with Crippen LogP contribution in [0.5, 0.6) is 0 Å². The van der Waals surface area contributed by atoms with Crippen LogP contribution in [0.2, 0.25) is 0 Å². The fourth-order valence-electron chi connectivity index (χ4n) is 7.84. The van der Waals surface area contributed by atoms with Crippen LogP contribution in [0.25, 0.3) is 111 Å². The Morgan fingerprint density at radius 3 is 1.45 bits per heavy atom. The standard InChI is InChI=1S/C52H32N2O2/c1-3-11-33(12-4-1)39-27-40(37-24-26-50-45(30-37)43-16-8-10-18-49(43)55-50)29-41(28-39)47-32-46(53-52(54-47)36-13-5-2-6-14-36)35-21-19-34(20-22-35)38-23-25-44-42-15-7-9-17-48(42)56-51(44)31-38/h1-32H. The van der Waals surface area contributed by atoms with Gasteiger partial charge in [-0.15, -0.1) is 0 Å². The Kier molecular flexibility index (Phi) is 7.46. The highest BCUT2D eigenvalue weighted by Gasteiger charge is 2.16. The molecule has 11 aromatic rings. The summed E-state index contributed by atoms with van der Waals surface area (Å²) in [5.41, 5.74) is 14.9. The minimum atomic E-state index is 0.676. The molecule has 0 spiro atoms. The zero-order valence-electron chi connectivity index (χ0n) is 30.2. The molecule has 262 valence electrons. The molecular formula is C52H32N2O2. The molecule has 3 aromatic heterocycles. The predicted molar refractivity (Wildman–Crippen MR) is 229 cm³/mol. The van der Waals surface area contributed by atoms with E-state index < -0.39 is 0 Å². The SMILES string of the molecule is c1ccc(-c2cc(-c3ccc4oc5ccccc5c4c3)cc(-c3cc(-c4ccc(-c5ccc6c(c5)oc5ccccc56)cc4)nc(-c4ccccc4)n3)c2)cc1. The number of para-hydroxylation sites is 2. The molecule has 56 heavy (non-hydrogen) atoms. The number of hydrogen-bond donors (Lipinski definition) is 0. The molecule has 0 saturated heterocycles. The fraction of sp³-hybridized carbons (Fsp3) is 0. The second-order valence-electron chi connectivity index (χ2n) is 14.2. The van der Waals surface area contributed by atoms with Gasteiger partial charge in [0.1, 0.15) is 22.3 Å². The maximum Gasteiger partial charge on any atom is 0.160 e. The minimum absolute atomic E-state index is 0.676. The van der Waals surface area contributed by atoms with Crippen LogP contribution < -0.4 is 0 Å². The fourth-order valence-corrected chi connectivity index (χ4v) is 7.84. The lowest BCUT2D eigenvalue weighted by atomic mass is 9.94. The van der Waals surface area contributed by atoms with Crippen molar-refractivity contribution in [3.8, 4) is 67.3 Å². The van der Waals surface area contributed by atoms with Crippen LogP contribution >= 0.6 is 0 Å². The number of aromatic nitrogens is 2. The lowest BCUT2D eigenvalue weighted by Crippen LogP contribution is -1.96. The van der Waals surface area contributed by atoms with Gasteiger partial charge in [0.15, 0.2) is 5.82 Å². The lowest BCUT2D eigenvalue weighted by molar-refractivity contribution is 0.668. The van der Waals surface area contributed by atoms with Crippen molar-refractivity contribution in [1.82, 2.24) is 9.97 Å². The minimum Gasteiger partial charge on any atom is -0.456 e. The van der Waals surface area contributed by atoms with Crippen LogP contribution in [-0.4, -0.2) is 9.97 Å². The molecule has 0 fully saturated rings. The molecule has 0 unspecified atom stereocenters. The summed E-state index contributed by atoms with van der Waals surface area (Å²) in [6.45, 7) is 0. The van der Waals surface area contributed by atoms with E-state index in [1.54, 1.807) is 0 Å². The molecule has 0 aliphatic heterocycles. The molecule has 0 radical (unpaired) electrons. The average Bonchev–Trinajstić information content (AvgIpc) is 3.84. The summed E-state index contributed by atoms with van der Waals surface area (Å²) in [6, 6.07) is 67.5. The van der Waals surface area contributed by atoms with E-state index in [1.807, 2.05) is 48.5 Å². The molecule has 4 heteroatoms. The number of furan rings is 2. The van der Waals surface area contributed by atoms with Crippen molar-refractivity contribution >= 4 is 43.9 Å². The van der Waals surface area contributed by atoms with Gasteiger partial charge in [-0.1, -0.05) is 133 Å². The highest BCUT2D eigenvalue weighted by Crippen LogP contribution is 2.38. The third-order valence-corrected chi connectivity index (χ3v) is 10.7. The second-order valence-corrected chi connectivity index (χ2v) is 14.2. The van der Waals surface area contributed by atoms with E-state index in [-0.39, 0.29) is 0 Å². The molecule has 0 atom stereocenters. The highest BCUT2D eigenvalue weighted by molar-refractivity contribution is 6.07. The summed E-state index contributed by atoms with van der Waals surface area (Å²) in [4.78, 5) is 10.4. The predicted octanol–water partition coefficient (Wildman–Crippen LogP) is 14.3. The van der Waals surface area contributed by atoms with Crippen molar-refractivity contribution in [3.63, 3.8) is 0 Å². The zero-order chi connectivity index (χ0) is 37.0. The van der Waals surface area contributed by atoms with Gasteiger partial charge in [-0.25, -0.2) is 9.97 Å². The molecule has 4 nitrogen and oxygen atoms in total. The summed E-state index contributed by atoms with van der Waals surface area (Å²) in [7, 11) is 0. The quantitative estimate of drug-likeness (QED) is 0.172. The normalized spacial score (nSPS) is 11.6. The topological polar surface area (TPSA) is 52.1 Å². The van der Waals surface area contributed by atoms with Crippen LogP contribution in [0.3, 0.4) is 0 Å². The maximum absolute atomic E-state index is 6.20. The Bertz CT molecular complexity index is 3230. The van der Waals surface area contributed by atoms with E-state index in [9.17, 15) is 0 Å². The van der Waals surface area contributed by atoms with E-state index in [1.165, 1.54) is 0 Å². The Morgan fingerprint density at radius 2 is 0.714 bits per heavy atom.